The van der Waals surface area contributed by atoms with E-state index in [1.54, 1.807) is 6.07 Å². The number of anilines is 1. The molecule has 0 atom stereocenters. The van der Waals surface area contributed by atoms with Crippen LogP contribution in [0.2, 0.25) is 0 Å². The quantitative estimate of drug-likeness (QED) is 0.504. The van der Waals surface area contributed by atoms with Crippen LogP contribution in [0.4, 0.5) is 19.0 Å². The van der Waals surface area contributed by atoms with Crippen LogP contribution in [0, 0.1) is 0 Å². The molecule has 0 saturated carbocycles. The summed E-state index contributed by atoms with van der Waals surface area (Å²) < 4.78 is 41.4. The van der Waals surface area contributed by atoms with Crippen LogP contribution < -0.4 is 10.1 Å². The van der Waals surface area contributed by atoms with Crippen LogP contribution in [0.25, 0.3) is 10.9 Å². The van der Waals surface area contributed by atoms with Gasteiger partial charge in [0.05, 0.1) is 0 Å². The molecule has 31 heavy (non-hydrogen) atoms. The van der Waals surface area contributed by atoms with Gasteiger partial charge in [-0.2, -0.15) is 0 Å². The normalized spacial score (nSPS) is 14.4. The van der Waals surface area contributed by atoms with E-state index in [-0.39, 0.29) is 11.7 Å². The smallest absolute Gasteiger partial charge is 0.406 e. The molecule has 4 rings (SSSR count). The predicted octanol–water partition coefficient (Wildman–Crippen LogP) is 5.23. The lowest BCUT2D eigenvalue weighted by Crippen LogP contribution is -2.31. The predicted molar refractivity (Wildman–Crippen MR) is 113 cm³/mol. The van der Waals surface area contributed by atoms with Gasteiger partial charge in [-0.05, 0) is 61.2 Å². The maximum absolute atomic E-state index is 12.4. The first-order valence-electron chi connectivity index (χ1n) is 10.3. The highest BCUT2D eigenvalue weighted by atomic mass is 19.4. The minimum absolute atomic E-state index is 0.0375. The number of benzene rings is 2. The number of hydrogen-bond acceptors (Lipinski definition) is 3. The van der Waals surface area contributed by atoms with Crippen LogP contribution in [0.3, 0.4) is 0 Å². The number of H-pyrrole nitrogens is 1. The standard InChI is InChI=1S/C23H24F3N3O2/c24-23(25,26)31-19-9-8-16-10-12-29(15-18(16)13-19)11-4-3-7-22(30)28-21-14-17-5-1-2-6-20(17)27-21/h1-2,5-6,8-9,13-14,27H,3-4,7,10-12,15H2,(H,28,30). The van der Waals surface area contributed by atoms with Crippen LogP contribution in [0.1, 0.15) is 30.4 Å². The SMILES string of the molecule is O=C(CCCCN1CCc2ccc(OC(F)(F)F)cc2C1)Nc1cc2ccccc2[nH]1. The van der Waals surface area contributed by atoms with Gasteiger partial charge in [0.1, 0.15) is 11.6 Å². The summed E-state index contributed by atoms with van der Waals surface area (Å²) >= 11 is 0. The van der Waals surface area contributed by atoms with E-state index in [0.29, 0.717) is 18.8 Å². The molecule has 1 aliphatic rings. The van der Waals surface area contributed by atoms with E-state index in [2.05, 4.69) is 19.9 Å². The van der Waals surface area contributed by atoms with E-state index in [4.69, 9.17) is 0 Å². The van der Waals surface area contributed by atoms with E-state index >= 15 is 0 Å². The maximum atomic E-state index is 12.4. The molecule has 0 bridgehead atoms. The lowest BCUT2D eigenvalue weighted by atomic mass is 9.99. The lowest BCUT2D eigenvalue weighted by molar-refractivity contribution is -0.274. The number of halogens is 3. The van der Waals surface area contributed by atoms with Crippen molar-refractivity contribution >= 4 is 22.6 Å². The average molecular weight is 431 g/mol. The van der Waals surface area contributed by atoms with E-state index < -0.39 is 6.36 Å². The highest BCUT2D eigenvalue weighted by molar-refractivity contribution is 5.93. The number of ether oxygens (including phenoxy) is 1. The topological polar surface area (TPSA) is 57.4 Å². The molecule has 1 aliphatic heterocycles. The highest BCUT2D eigenvalue weighted by Gasteiger charge is 2.31. The van der Waals surface area contributed by atoms with Crippen molar-refractivity contribution in [1.29, 1.82) is 0 Å². The minimum Gasteiger partial charge on any atom is -0.406 e. The Bertz CT molecular complexity index is 1030. The maximum Gasteiger partial charge on any atom is 0.573 e. The first-order chi connectivity index (χ1) is 14.9. The van der Waals surface area contributed by atoms with Crippen molar-refractivity contribution in [3.8, 4) is 5.75 Å². The van der Waals surface area contributed by atoms with Crippen LogP contribution in [-0.4, -0.2) is 35.2 Å². The number of carbonyl (C=O) groups is 1. The molecule has 3 aromatic rings. The van der Waals surface area contributed by atoms with Gasteiger partial charge in [0, 0.05) is 30.4 Å². The van der Waals surface area contributed by atoms with Gasteiger partial charge in [-0.3, -0.25) is 9.69 Å². The molecule has 2 aromatic carbocycles. The van der Waals surface area contributed by atoms with Gasteiger partial charge < -0.3 is 15.0 Å². The Kier molecular flexibility index (Phi) is 6.18. The summed E-state index contributed by atoms with van der Waals surface area (Å²) in [5.41, 5.74) is 2.90. The highest BCUT2D eigenvalue weighted by Crippen LogP contribution is 2.28. The zero-order chi connectivity index (χ0) is 21.8. The molecule has 0 fully saturated rings. The Balaban J connectivity index is 1.21. The van der Waals surface area contributed by atoms with Crippen LogP contribution in [0.15, 0.2) is 48.5 Å². The molecule has 5 nitrogen and oxygen atoms in total. The molecule has 1 aromatic heterocycles. The molecule has 0 saturated heterocycles. The molecule has 0 spiro atoms. The molecular weight excluding hydrogens is 407 g/mol. The minimum atomic E-state index is -4.68. The first kappa shape index (κ1) is 21.2. The van der Waals surface area contributed by atoms with Crippen LogP contribution in [0.5, 0.6) is 5.75 Å². The summed E-state index contributed by atoms with van der Waals surface area (Å²) in [5.74, 6) is 0.474. The van der Waals surface area contributed by atoms with Crippen molar-refractivity contribution < 1.29 is 22.7 Å². The monoisotopic (exact) mass is 431 g/mol. The average Bonchev–Trinajstić information content (AvgIpc) is 3.12. The van der Waals surface area contributed by atoms with Gasteiger partial charge >= 0.3 is 6.36 Å². The Hall–Kier alpha value is -3.00. The molecule has 0 unspecified atom stereocenters. The van der Waals surface area contributed by atoms with Crippen molar-refractivity contribution in [3.05, 3.63) is 59.7 Å². The summed E-state index contributed by atoms with van der Waals surface area (Å²) in [6, 6.07) is 14.3. The van der Waals surface area contributed by atoms with Crippen molar-refractivity contribution in [2.75, 3.05) is 18.4 Å². The van der Waals surface area contributed by atoms with Gasteiger partial charge in [0.25, 0.3) is 0 Å². The van der Waals surface area contributed by atoms with Crippen LogP contribution >= 0.6 is 0 Å². The number of para-hydroxylation sites is 1. The lowest BCUT2D eigenvalue weighted by Gasteiger charge is -2.29. The first-order valence-corrected chi connectivity index (χ1v) is 10.3. The Labute approximate surface area is 178 Å². The second-order valence-corrected chi connectivity index (χ2v) is 7.78. The number of nitrogens with zero attached hydrogens (tertiary/aromatic N) is 1. The molecule has 8 heteroatoms. The fourth-order valence-electron chi connectivity index (χ4n) is 3.95. The third-order valence-corrected chi connectivity index (χ3v) is 5.43. The zero-order valence-electron chi connectivity index (χ0n) is 17.0. The Morgan fingerprint density at radius 3 is 2.74 bits per heavy atom. The number of aromatic nitrogens is 1. The second kappa shape index (κ2) is 9.01. The third-order valence-electron chi connectivity index (χ3n) is 5.43. The van der Waals surface area contributed by atoms with E-state index in [9.17, 15) is 18.0 Å². The summed E-state index contributed by atoms with van der Waals surface area (Å²) in [5, 5.41) is 3.94. The van der Waals surface area contributed by atoms with Gasteiger partial charge in [0.15, 0.2) is 0 Å². The fourth-order valence-corrected chi connectivity index (χ4v) is 3.95. The van der Waals surface area contributed by atoms with Gasteiger partial charge in [-0.25, -0.2) is 0 Å². The van der Waals surface area contributed by atoms with E-state index in [1.165, 1.54) is 12.1 Å². The largest absolute Gasteiger partial charge is 0.573 e. The summed E-state index contributed by atoms with van der Waals surface area (Å²) in [7, 11) is 0. The summed E-state index contributed by atoms with van der Waals surface area (Å²) in [6.45, 7) is 2.24. The van der Waals surface area contributed by atoms with Gasteiger partial charge in [0.2, 0.25) is 5.91 Å². The Morgan fingerprint density at radius 2 is 1.94 bits per heavy atom. The summed E-state index contributed by atoms with van der Waals surface area (Å²) in [4.78, 5) is 17.6. The number of hydrogen-bond donors (Lipinski definition) is 2. The number of alkyl halides is 3. The third kappa shape index (κ3) is 5.79. The number of unbranched alkanes of at least 4 members (excludes halogenated alkanes) is 1. The zero-order valence-corrected chi connectivity index (χ0v) is 17.0. The molecule has 0 radical (unpaired) electrons. The van der Waals surface area contributed by atoms with Gasteiger partial charge in [-0.1, -0.05) is 24.3 Å². The number of rotatable bonds is 7. The molecule has 164 valence electrons. The number of carbonyl (C=O) groups excluding carboxylic acids is 1. The number of fused-ring (bicyclic) bond motifs is 2. The van der Waals surface area contributed by atoms with Crippen molar-refractivity contribution in [3.63, 3.8) is 0 Å². The van der Waals surface area contributed by atoms with Crippen molar-refractivity contribution in [1.82, 2.24) is 9.88 Å². The second-order valence-electron chi connectivity index (χ2n) is 7.78. The molecular formula is C23H24F3N3O2. The van der Waals surface area contributed by atoms with E-state index in [0.717, 1.165) is 54.4 Å². The molecule has 0 aliphatic carbocycles. The van der Waals surface area contributed by atoms with Crippen molar-refractivity contribution in [2.24, 2.45) is 0 Å². The molecule has 2 N–H and O–H groups in total. The fraction of sp³-hybridized carbons (Fsp3) is 0.348. The Morgan fingerprint density at radius 1 is 1.10 bits per heavy atom. The van der Waals surface area contributed by atoms with Crippen LogP contribution in [-0.2, 0) is 17.8 Å². The van der Waals surface area contributed by atoms with Crippen molar-refractivity contribution in [2.45, 2.75) is 38.6 Å². The van der Waals surface area contributed by atoms with Gasteiger partial charge in [-0.15, -0.1) is 13.2 Å². The number of amides is 1. The molecule has 1 amide bonds. The number of aromatic amines is 1. The summed E-state index contributed by atoms with van der Waals surface area (Å²) in [6.07, 6.45) is -1.89. The molecule has 2 heterocycles. The number of nitrogens with one attached hydrogen (secondary N) is 2. The van der Waals surface area contributed by atoms with E-state index in [1.807, 2.05) is 30.3 Å².